The van der Waals surface area contributed by atoms with Gasteiger partial charge in [0, 0.05) is 0 Å². The van der Waals surface area contributed by atoms with Crippen molar-refractivity contribution in [3.05, 3.63) is 0 Å². The van der Waals surface area contributed by atoms with E-state index in [9.17, 15) is 4.79 Å². The quantitative estimate of drug-likeness (QED) is 0.676. The summed E-state index contributed by atoms with van der Waals surface area (Å²) >= 11 is 0. The van der Waals surface area contributed by atoms with E-state index in [2.05, 4.69) is 13.8 Å². The molecule has 0 heterocycles. The zero-order valence-corrected chi connectivity index (χ0v) is 8.42. The van der Waals surface area contributed by atoms with Gasteiger partial charge in [-0.15, -0.1) is 0 Å². The first-order valence-corrected chi connectivity index (χ1v) is 5.26. The normalized spacial score (nSPS) is 49.2. The van der Waals surface area contributed by atoms with Crippen LogP contribution in [0.2, 0.25) is 0 Å². The highest BCUT2D eigenvalue weighted by molar-refractivity contribution is 5.74. The molecule has 0 radical (unpaired) electrons. The molecule has 2 aliphatic rings. The van der Waals surface area contributed by atoms with Crippen molar-refractivity contribution < 1.29 is 9.90 Å². The van der Waals surface area contributed by atoms with Crippen LogP contribution in [0, 0.1) is 23.2 Å². The first-order chi connectivity index (χ1) is 6.03. The topological polar surface area (TPSA) is 37.3 Å². The van der Waals surface area contributed by atoms with Crippen molar-refractivity contribution in [2.45, 2.75) is 39.5 Å². The van der Waals surface area contributed by atoms with E-state index < -0.39 is 5.97 Å². The fourth-order valence-electron chi connectivity index (χ4n) is 3.47. The van der Waals surface area contributed by atoms with Crippen LogP contribution in [0.5, 0.6) is 0 Å². The number of rotatable bonds is 1. The lowest BCUT2D eigenvalue weighted by Crippen LogP contribution is -2.23. The van der Waals surface area contributed by atoms with E-state index in [1.165, 1.54) is 6.42 Å². The molecular weight excluding hydrogens is 164 g/mol. The van der Waals surface area contributed by atoms with Crippen LogP contribution in [0.25, 0.3) is 0 Å². The van der Waals surface area contributed by atoms with E-state index in [4.69, 9.17) is 5.11 Å². The van der Waals surface area contributed by atoms with Gasteiger partial charge in [0.2, 0.25) is 0 Å². The van der Waals surface area contributed by atoms with Crippen molar-refractivity contribution in [1.82, 2.24) is 0 Å². The molecule has 13 heavy (non-hydrogen) atoms. The Morgan fingerprint density at radius 1 is 1.23 bits per heavy atom. The number of aliphatic carboxylic acids is 1. The summed E-state index contributed by atoms with van der Waals surface area (Å²) in [4.78, 5) is 10.8. The minimum atomic E-state index is -0.568. The molecule has 0 bridgehead atoms. The predicted molar refractivity (Wildman–Crippen MR) is 50.4 cm³/mol. The lowest BCUT2D eigenvalue weighted by molar-refractivity contribution is -0.139. The van der Waals surface area contributed by atoms with Crippen LogP contribution in [-0.2, 0) is 4.79 Å². The Morgan fingerprint density at radius 3 is 2.15 bits per heavy atom. The van der Waals surface area contributed by atoms with Crippen molar-refractivity contribution >= 4 is 5.97 Å². The second kappa shape index (κ2) is 2.73. The molecule has 0 aromatic carbocycles. The average molecular weight is 182 g/mol. The van der Waals surface area contributed by atoms with Crippen LogP contribution in [0.3, 0.4) is 0 Å². The average Bonchev–Trinajstić information content (AvgIpc) is 2.60. The second-order valence-electron chi connectivity index (χ2n) is 5.31. The Balaban J connectivity index is 2.05. The first-order valence-electron chi connectivity index (χ1n) is 5.26. The van der Waals surface area contributed by atoms with E-state index in [0.29, 0.717) is 0 Å². The van der Waals surface area contributed by atoms with Crippen molar-refractivity contribution in [1.29, 1.82) is 0 Å². The molecule has 3 unspecified atom stereocenters. The Labute approximate surface area is 79.3 Å². The van der Waals surface area contributed by atoms with Gasteiger partial charge in [0.05, 0.1) is 5.92 Å². The third kappa shape index (κ3) is 1.47. The molecule has 0 aliphatic heterocycles. The van der Waals surface area contributed by atoms with Gasteiger partial charge in [0.1, 0.15) is 0 Å². The highest BCUT2D eigenvalue weighted by Crippen LogP contribution is 2.63. The number of hydrogen-bond donors (Lipinski definition) is 1. The molecule has 0 saturated heterocycles. The van der Waals surface area contributed by atoms with Gasteiger partial charge in [-0.1, -0.05) is 13.8 Å². The summed E-state index contributed by atoms with van der Waals surface area (Å²) < 4.78 is 0. The monoisotopic (exact) mass is 182 g/mol. The van der Waals surface area contributed by atoms with Gasteiger partial charge in [-0.25, -0.2) is 0 Å². The lowest BCUT2D eigenvalue weighted by atomic mass is 9.73. The molecule has 2 nitrogen and oxygen atoms in total. The summed E-state index contributed by atoms with van der Waals surface area (Å²) in [6, 6.07) is 0. The van der Waals surface area contributed by atoms with Crippen LogP contribution >= 0.6 is 0 Å². The Kier molecular flexibility index (Phi) is 1.90. The van der Waals surface area contributed by atoms with Crippen LogP contribution < -0.4 is 0 Å². The van der Waals surface area contributed by atoms with E-state index in [1.807, 2.05) is 0 Å². The molecule has 1 spiro atoms. The maximum Gasteiger partial charge on any atom is 0.307 e. The Hall–Kier alpha value is -0.530. The van der Waals surface area contributed by atoms with Crippen LogP contribution in [0.4, 0.5) is 0 Å². The smallest absolute Gasteiger partial charge is 0.307 e. The van der Waals surface area contributed by atoms with Crippen LogP contribution in [0.1, 0.15) is 39.5 Å². The standard InChI is InChI=1S/C11H18O2/c1-7-3-8(2)5-11(4-7)6-9(11)10(12)13/h7-9H,3-6H2,1-2H3,(H,12,13). The van der Waals surface area contributed by atoms with Crippen molar-refractivity contribution in [3.8, 4) is 0 Å². The highest BCUT2D eigenvalue weighted by Gasteiger charge is 2.59. The minimum absolute atomic E-state index is 0.0160. The number of carboxylic acids is 1. The molecule has 1 N–H and O–H groups in total. The Morgan fingerprint density at radius 2 is 1.77 bits per heavy atom. The molecule has 0 aromatic rings. The first kappa shape index (κ1) is 9.04. The third-order valence-corrected chi connectivity index (χ3v) is 3.80. The maximum absolute atomic E-state index is 10.8. The predicted octanol–water partition coefficient (Wildman–Crippen LogP) is 2.53. The van der Waals surface area contributed by atoms with E-state index in [-0.39, 0.29) is 11.3 Å². The van der Waals surface area contributed by atoms with Gasteiger partial charge in [-0.05, 0) is 42.9 Å². The molecule has 2 heteroatoms. The van der Waals surface area contributed by atoms with Crippen molar-refractivity contribution in [3.63, 3.8) is 0 Å². The molecular formula is C11H18O2. The van der Waals surface area contributed by atoms with Gasteiger partial charge < -0.3 is 5.11 Å². The van der Waals surface area contributed by atoms with E-state index >= 15 is 0 Å². The zero-order valence-electron chi connectivity index (χ0n) is 8.42. The number of hydrogen-bond acceptors (Lipinski definition) is 1. The summed E-state index contributed by atoms with van der Waals surface area (Å²) in [6.45, 7) is 4.52. The molecule has 2 rings (SSSR count). The van der Waals surface area contributed by atoms with E-state index in [0.717, 1.165) is 31.1 Å². The highest BCUT2D eigenvalue weighted by atomic mass is 16.4. The van der Waals surface area contributed by atoms with Crippen molar-refractivity contribution in [2.24, 2.45) is 23.2 Å². The fraction of sp³-hybridized carbons (Fsp3) is 0.909. The minimum Gasteiger partial charge on any atom is -0.481 e. The largest absolute Gasteiger partial charge is 0.481 e. The third-order valence-electron chi connectivity index (χ3n) is 3.80. The fourth-order valence-corrected chi connectivity index (χ4v) is 3.47. The van der Waals surface area contributed by atoms with Gasteiger partial charge in [-0.3, -0.25) is 4.79 Å². The van der Waals surface area contributed by atoms with Gasteiger partial charge in [0.25, 0.3) is 0 Å². The maximum atomic E-state index is 10.8. The summed E-state index contributed by atoms with van der Waals surface area (Å²) in [5, 5.41) is 8.94. The molecule has 2 aliphatic carbocycles. The van der Waals surface area contributed by atoms with Gasteiger partial charge >= 0.3 is 5.97 Å². The number of carboxylic acid groups (broad SMARTS) is 1. The molecule has 2 saturated carbocycles. The van der Waals surface area contributed by atoms with Gasteiger partial charge in [0.15, 0.2) is 0 Å². The lowest BCUT2D eigenvalue weighted by Gasteiger charge is -2.32. The zero-order chi connectivity index (χ0) is 9.64. The summed E-state index contributed by atoms with van der Waals surface area (Å²) in [5.41, 5.74) is 0.211. The number of carbonyl (C=O) groups is 1. The summed E-state index contributed by atoms with van der Waals surface area (Å²) in [5.74, 6) is 0.875. The second-order valence-corrected chi connectivity index (χ2v) is 5.31. The Bertz CT molecular complexity index is 224. The molecule has 2 fully saturated rings. The molecule has 3 atom stereocenters. The molecule has 0 amide bonds. The molecule has 0 aromatic heterocycles. The van der Waals surface area contributed by atoms with Crippen molar-refractivity contribution in [2.75, 3.05) is 0 Å². The summed E-state index contributed by atoms with van der Waals surface area (Å²) in [7, 11) is 0. The summed E-state index contributed by atoms with van der Waals surface area (Å²) in [6.07, 6.45) is 4.52. The van der Waals surface area contributed by atoms with Gasteiger partial charge in [-0.2, -0.15) is 0 Å². The van der Waals surface area contributed by atoms with Crippen LogP contribution in [-0.4, -0.2) is 11.1 Å². The molecule has 74 valence electrons. The van der Waals surface area contributed by atoms with E-state index in [1.54, 1.807) is 0 Å². The van der Waals surface area contributed by atoms with Crippen LogP contribution in [0.15, 0.2) is 0 Å². The SMILES string of the molecule is CC1CC(C)CC2(C1)CC2C(=O)O.